The van der Waals surface area contributed by atoms with E-state index in [1.165, 1.54) is 15.2 Å². The maximum absolute atomic E-state index is 12.3. The zero-order valence-corrected chi connectivity index (χ0v) is 11.4. The van der Waals surface area contributed by atoms with E-state index in [1.54, 1.807) is 0 Å². The van der Waals surface area contributed by atoms with E-state index in [0.717, 1.165) is 6.42 Å². The molecule has 0 saturated carbocycles. The molecule has 1 aromatic rings. The van der Waals surface area contributed by atoms with Gasteiger partial charge in [0.15, 0.2) is 5.82 Å². The Labute approximate surface area is 102 Å². The molecule has 0 unspecified atom stereocenters. The highest BCUT2D eigenvalue weighted by molar-refractivity contribution is 7.89. The summed E-state index contributed by atoms with van der Waals surface area (Å²) < 4.78 is 27.5. The smallest absolute Gasteiger partial charge is 0.248 e. The minimum atomic E-state index is -3.51. The van der Waals surface area contributed by atoms with Gasteiger partial charge in [-0.15, -0.1) is 0 Å². The largest absolute Gasteiger partial charge is 0.381 e. The summed E-state index contributed by atoms with van der Waals surface area (Å²) >= 11 is 0. The van der Waals surface area contributed by atoms with E-state index >= 15 is 0 Å². The number of nitrogens with two attached hydrogens (primary N) is 1. The fourth-order valence-corrected chi connectivity index (χ4v) is 3.22. The van der Waals surface area contributed by atoms with Gasteiger partial charge in [0.1, 0.15) is 4.90 Å². The molecular formula is C10H20N4O2S. The third-order valence-electron chi connectivity index (χ3n) is 2.52. The highest BCUT2D eigenvalue weighted by Gasteiger charge is 2.26. The Bertz CT molecular complexity index is 467. The molecule has 6 nitrogen and oxygen atoms in total. The number of aryl methyl sites for hydroxylation is 1. The zero-order chi connectivity index (χ0) is 13.1. The molecule has 7 heteroatoms. The first-order valence-corrected chi connectivity index (χ1v) is 7.24. The van der Waals surface area contributed by atoms with Gasteiger partial charge in [-0.3, -0.25) is 4.68 Å². The molecule has 2 N–H and O–H groups in total. The summed E-state index contributed by atoms with van der Waals surface area (Å²) in [6.07, 6.45) is 2.26. The predicted molar refractivity (Wildman–Crippen MR) is 67.0 cm³/mol. The van der Waals surface area contributed by atoms with E-state index < -0.39 is 10.0 Å². The van der Waals surface area contributed by atoms with E-state index in [0.29, 0.717) is 19.6 Å². The molecular weight excluding hydrogens is 240 g/mol. The van der Waals surface area contributed by atoms with Crippen LogP contribution in [-0.2, 0) is 16.6 Å². The van der Waals surface area contributed by atoms with E-state index in [-0.39, 0.29) is 10.7 Å². The first kappa shape index (κ1) is 14.0. The van der Waals surface area contributed by atoms with E-state index in [4.69, 9.17) is 5.73 Å². The highest BCUT2D eigenvalue weighted by atomic mass is 32.2. The average molecular weight is 260 g/mol. The number of hydrogen-bond donors (Lipinski definition) is 1. The van der Waals surface area contributed by atoms with Gasteiger partial charge in [0, 0.05) is 25.8 Å². The van der Waals surface area contributed by atoms with Crippen molar-refractivity contribution in [1.29, 1.82) is 0 Å². The fraction of sp³-hybridized carbons (Fsp3) is 0.700. The summed E-state index contributed by atoms with van der Waals surface area (Å²) in [7, 11) is -3.51. The van der Waals surface area contributed by atoms with Crippen LogP contribution in [0.3, 0.4) is 0 Å². The van der Waals surface area contributed by atoms with Crippen molar-refractivity contribution in [3.05, 3.63) is 6.20 Å². The SMILES string of the molecule is CCCN(CC)S(=O)(=O)c1cn(CC)nc1N. The number of sulfonamides is 1. The summed E-state index contributed by atoms with van der Waals surface area (Å²) in [6, 6.07) is 0. The highest BCUT2D eigenvalue weighted by Crippen LogP contribution is 2.21. The lowest BCUT2D eigenvalue weighted by molar-refractivity contribution is 0.427. The monoisotopic (exact) mass is 260 g/mol. The molecule has 0 aromatic carbocycles. The van der Waals surface area contributed by atoms with Crippen LogP contribution in [0.5, 0.6) is 0 Å². The molecule has 0 saturated heterocycles. The lowest BCUT2D eigenvalue weighted by Crippen LogP contribution is -2.31. The lowest BCUT2D eigenvalue weighted by atomic mass is 10.5. The summed E-state index contributed by atoms with van der Waals surface area (Å²) in [5.74, 6) is 0.0707. The molecule has 0 spiro atoms. The molecule has 0 aliphatic carbocycles. The Balaban J connectivity index is 3.15. The topological polar surface area (TPSA) is 81.2 Å². The van der Waals surface area contributed by atoms with Crippen LogP contribution in [-0.4, -0.2) is 35.6 Å². The molecule has 1 heterocycles. The molecule has 0 fully saturated rings. The second-order valence-corrected chi connectivity index (χ2v) is 5.64. The lowest BCUT2D eigenvalue weighted by Gasteiger charge is -2.18. The van der Waals surface area contributed by atoms with Crippen LogP contribution in [0.1, 0.15) is 27.2 Å². The third-order valence-corrected chi connectivity index (χ3v) is 4.51. The molecule has 98 valence electrons. The van der Waals surface area contributed by atoms with Gasteiger partial charge < -0.3 is 5.73 Å². The van der Waals surface area contributed by atoms with Crippen molar-refractivity contribution in [2.45, 2.75) is 38.6 Å². The Kier molecular flexibility index (Phi) is 4.53. The fourth-order valence-electron chi connectivity index (χ4n) is 1.62. The average Bonchev–Trinajstić information content (AvgIpc) is 2.67. The second-order valence-electron chi connectivity index (χ2n) is 3.73. The zero-order valence-electron chi connectivity index (χ0n) is 10.5. The summed E-state index contributed by atoms with van der Waals surface area (Å²) in [5, 5.41) is 3.96. The van der Waals surface area contributed by atoms with Crippen LogP contribution in [0.25, 0.3) is 0 Å². The van der Waals surface area contributed by atoms with Gasteiger partial charge >= 0.3 is 0 Å². The van der Waals surface area contributed by atoms with Gasteiger partial charge in [-0.2, -0.15) is 9.40 Å². The maximum Gasteiger partial charge on any atom is 0.248 e. The summed E-state index contributed by atoms with van der Waals surface area (Å²) in [5.41, 5.74) is 5.65. The van der Waals surface area contributed by atoms with Gasteiger partial charge in [-0.1, -0.05) is 13.8 Å². The van der Waals surface area contributed by atoms with Crippen molar-refractivity contribution >= 4 is 15.8 Å². The van der Waals surface area contributed by atoms with Crippen molar-refractivity contribution in [2.75, 3.05) is 18.8 Å². The summed E-state index contributed by atoms with van der Waals surface area (Å²) in [4.78, 5) is 0.106. The van der Waals surface area contributed by atoms with Crippen LogP contribution < -0.4 is 5.73 Å². The molecule has 17 heavy (non-hydrogen) atoms. The molecule has 0 aliphatic rings. The van der Waals surface area contributed by atoms with Crippen LogP contribution in [0, 0.1) is 0 Å². The minimum Gasteiger partial charge on any atom is -0.381 e. The van der Waals surface area contributed by atoms with Crippen molar-refractivity contribution in [1.82, 2.24) is 14.1 Å². The molecule has 0 atom stereocenters. The third kappa shape index (κ3) is 2.78. The van der Waals surface area contributed by atoms with Crippen molar-refractivity contribution in [3.63, 3.8) is 0 Å². The van der Waals surface area contributed by atoms with Crippen LogP contribution in [0.4, 0.5) is 5.82 Å². The summed E-state index contributed by atoms with van der Waals surface area (Å²) in [6.45, 7) is 7.17. The Morgan fingerprint density at radius 1 is 1.41 bits per heavy atom. The molecule has 1 rings (SSSR count). The molecule has 0 amide bonds. The number of rotatable bonds is 6. The number of aromatic nitrogens is 2. The first-order valence-electron chi connectivity index (χ1n) is 5.80. The quantitative estimate of drug-likeness (QED) is 0.824. The number of anilines is 1. The number of nitrogen functional groups attached to an aromatic ring is 1. The van der Waals surface area contributed by atoms with Gasteiger partial charge in [0.05, 0.1) is 0 Å². The van der Waals surface area contributed by atoms with Crippen molar-refractivity contribution < 1.29 is 8.42 Å². The Morgan fingerprint density at radius 3 is 2.47 bits per heavy atom. The van der Waals surface area contributed by atoms with Gasteiger partial charge in [0.2, 0.25) is 10.0 Å². The van der Waals surface area contributed by atoms with Gasteiger partial charge in [-0.05, 0) is 13.3 Å². The van der Waals surface area contributed by atoms with Crippen molar-refractivity contribution in [2.24, 2.45) is 0 Å². The Morgan fingerprint density at radius 2 is 2.06 bits per heavy atom. The predicted octanol–water partition coefficient (Wildman–Crippen LogP) is 0.906. The first-order chi connectivity index (χ1) is 7.97. The Hall–Kier alpha value is -1.08. The second kappa shape index (κ2) is 5.50. The maximum atomic E-state index is 12.3. The van der Waals surface area contributed by atoms with E-state index in [2.05, 4.69) is 5.10 Å². The molecule has 0 bridgehead atoms. The molecule has 0 aliphatic heterocycles. The van der Waals surface area contributed by atoms with Crippen molar-refractivity contribution in [3.8, 4) is 0 Å². The van der Waals surface area contributed by atoms with Gasteiger partial charge in [0.25, 0.3) is 0 Å². The van der Waals surface area contributed by atoms with E-state index in [1.807, 2.05) is 20.8 Å². The number of hydrogen-bond acceptors (Lipinski definition) is 4. The van der Waals surface area contributed by atoms with E-state index in [9.17, 15) is 8.42 Å². The van der Waals surface area contributed by atoms with Crippen LogP contribution in [0.15, 0.2) is 11.1 Å². The van der Waals surface area contributed by atoms with Crippen LogP contribution in [0.2, 0.25) is 0 Å². The number of nitrogens with zero attached hydrogens (tertiary/aromatic N) is 3. The molecule has 0 radical (unpaired) electrons. The van der Waals surface area contributed by atoms with Crippen LogP contribution >= 0.6 is 0 Å². The van der Waals surface area contributed by atoms with Gasteiger partial charge in [-0.25, -0.2) is 8.42 Å². The normalized spacial score (nSPS) is 12.2. The molecule has 1 aromatic heterocycles. The minimum absolute atomic E-state index is 0.0707. The standard InChI is InChI=1S/C10H20N4O2S/c1-4-7-14(6-3)17(15,16)9-8-13(5-2)12-10(9)11/h8H,4-7H2,1-3H3,(H2,11,12).